The van der Waals surface area contributed by atoms with E-state index in [2.05, 4.69) is 123 Å². The van der Waals surface area contributed by atoms with Crippen LogP contribution >= 0.6 is 7.82 Å². The van der Waals surface area contributed by atoms with E-state index in [-0.39, 0.29) is 24.9 Å². The number of nitrogens with one attached hydrogen (secondary N) is 1. The van der Waals surface area contributed by atoms with Gasteiger partial charge in [0.1, 0.15) is 19.3 Å². The first kappa shape index (κ1) is 78.7. The molecule has 1 amide bonds. The molecule has 0 rings (SSSR count). The van der Waals surface area contributed by atoms with Crippen molar-refractivity contribution in [1.29, 1.82) is 0 Å². The molecule has 0 aromatic carbocycles. The van der Waals surface area contributed by atoms with Crippen LogP contribution in [-0.4, -0.2) is 69.4 Å². The smallest absolute Gasteiger partial charge is 0.306 e. The molecule has 3 atom stereocenters. The Kier molecular flexibility index (Phi) is 58.3. The number of quaternary nitrogens is 1. The number of hydrogen-bond acceptors (Lipinski definition) is 7. The molecular formula is C72H127N2O7P. The Labute approximate surface area is 506 Å². The van der Waals surface area contributed by atoms with Gasteiger partial charge in [-0.25, -0.2) is 0 Å². The Morgan fingerprint density at radius 3 is 1.21 bits per heavy atom. The van der Waals surface area contributed by atoms with Gasteiger partial charge in [-0.15, -0.1) is 0 Å². The van der Waals surface area contributed by atoms with E-state index in [0.717, 1.165) is 103 Å². The number of allylic oxidation sites excluding steroid dienone is 17. The highest BCUT2D eigenvalue weighted by atomic mass is 31.2. The Bertz CT molecular complexity index is 1770. The highest BCUT2D eigenvalue weighted by molar-refractivity contribution is 7.45. The number of rotatable bonds is 60. The molecule has 0 heterocycles. The summed E-state index contributed by atoms with van der Waals surface area (Å²) >= 11 is 0. The number of phosphoric ester groups is 1. The van der Waals surface area contributed by atoms with Crippen LogP contribution in [0.2, 0.25) is 0 Å². The van der Waals surface area contributed by atoms with Crippen LogP contribution in [0.25, 0.3) is 0 Å². The summed E-state index contributed by atoms with van der Waals surface area (Å²) in [4.78, 5) is 40.1. The van der Waals surface area contributed by atoms with Gasteiger partial charge in [0.25, 0.3) is 7.82 Å². The van der Waals surface area contributed by atoms with E-state index >= 15 is 0 Å². The zero-order valence-electron chi connectivity index (χ0n) is 53.9. The first-order chi connectivity index (χ1) is 39.9. The molecule has 0 bridgehead atoms. The number of likely N-dealkylation sites (N-methyl/N-ethyl adjacent to an activating group) is 1. The van der Waals surface area contributed by atoms with Gasteiger partial charge >= 0.3 is 5.97 Å². The summed E-state index contributed by atoms with van der Waals surface area (Å²) in [5.74, 6) is -0.593. The van der Waals surface area contributed by atoms with Gasteiger partial charge in [-0.3, -0.25) is 14.2 Å². The van der Waals surface area contributed by atoms with Crippen molar-refractivity contribution in [2.75, 3.05) is 40.9 Å². The van der Waals surface area contributed by atoms with E-state index < -0.39 is 26.6 Å². The molecule has 472 valence electrons. The second kappa shape index (κ2) is 60.8. The summed E-state index contributed by atoms with van der Waals surface area (Å²) in [6, 6.07) is -0.914. The van der Waals surface area contributed by atoms with Crippen LogP contribution in [0.15, 0.2) is 109 Å². The Balaban J connectivity index is 5.22. The lowest BCUT2D eigenvalue weighted by Gasteiger charge is -2.30. The predicted molar refractivity (Wildman–Crippen MR) is 353 cm³/mol. The number of amides is 1. The van der Waals surface area contributed by atoms with Gasteiger partial charge in [0.05, 0.1) is 33.8 Å². The molecule has 10 heteroatoms. The summed E-state index contributed by atoms with van der Waals surface area (Å²) in [5, 5.41) is 3.03. The van der Waals surface area contributed by atoms with Crippen LogP contribution in [0.4, 0.5) is 0 Å². The van der Waals surface area contributed by atoms with Gasteiger partial charge in [0.2, 0.25) is 5.91 Å². The van der Waals surface area contributed by atoms with E-state index in [4.69, 9.17) is 13.8 Å². The van der Waals surface area contributed by atoms with Crippen molar-refractivity contribution in [2.24, 2.45) is 0 Å². The normalized spacial score (nSPS) is 14.3. The van der Waals surface area contributed by atoms with Gasteiger partial charge in [0, 0.05) is 12.8 Å². The molecular weight excluding hydrogens is 1040 g/mol. The molecule has 0 aliphatic carbocycles. The van der Waals surface area contributed by atoms with Crippen molar-refractivity contribution in [3.05, 3.63) is 109 Å². The van der Waals surface area contributed by atoms with Crippen LogP contribution in [0.1, 0.15) is 284 Å². The van der Waals surface area contributed by atoms with Gasteiger partial charge in [-0.1, -0.05) is 265 Å². The van der Waals surface area contributed by atoms with E-state index in [1.807, 2.05) is 33.3 Å². The topological polar surface area (TPSA) is 114 Å². The molecule has 0 aliphatic rings. The molecule has 0 spiro atoms. The highest BCUT2D eigenvalue weighted by Gasteiger charge is 2.27. The molecule has 0 aromatic heterocycles. The third kappa shape index (κ3) is 61.2. The fourth-order valence-corrected chi connectivity index (χ4v) is 9.98. The minimum Gasteiger partial charge on any atom is -0.756 e. The number of esters is 1. The van der Waals surface area contributed by atoms with Gasteiger partial charge < -0.3 is 28.5 Å². The molecule has 82 heavy (non-hydrogen) atoms. The fourth-order valence-electron chi connectivity index (χ4n) is 9.26. The number of unbranched alkanes of at least 4 members (excludes halogenated alkanes) is 28. The van der Waals surface area contributed by atoms with Gasteiger partial charge in [-0.05, 0) is 115 Å². The first-order valence-electron chi connectivity index (χ1n) is 33.7. The lowest BCUT2D eigenvalue weighted by molar-refractivity contribution is -0.870. The minimum absolute atomic E-state index is 0.0342. The molecule has 0 fully saturated rings. The van der Waals surface area contributed by atoms with Crippen LogP contribution in [-0.2, 0) is 27.9 Å². The molecule has 3 unspecified atom stereocenters. The van der Waals surface area contributed by atoms with E-state index in [0.29, 0.717) is 23.9 Å². The van der Waals surface area contributed by atoms with Crippen molar-refractivity contribution in [1.82, 2.24) is 5.32 Å². The lowest BCUT2D eigenvalue weighted by Crippen LogP contribution is -2.47. The largest absolute Gasteiger partial charge is 0.756 e. The van der Waals surface area contributed by atoms with E-state index in [9.17, 15) is 19.0 Å². The number of phosphoric acid groups is 1. The zero-order valence-corrected chi connectivity index (χ0v) is 54.8. The Morgan fingerprint density at radius 1 is 0.439 bits per heavy atom. The lowest BCUT2D eigenvalue weighted by atomic mass is 10.0. The molecule has 1 N–H and O–H groups in total. The minimum atomic E-state index is -4.72. The Hall–Kier alpha value is -3.33. The number of nitrogens with zero attached hydrogens (tertiary/aromatic N) is 1. The van der Waals surface area contributed by atoms with Crippen molar-refractivity contribution in [2.45, 2.75) is 296 Å². The SMILES string of the molecule is CC/C=C\C/C=C\C/C=C\C/C=C\C/C=C\C/C=C\CCCCC(=O)OC(/C=C/CCCCCCCCCCCC)C(COP(=O)([O-])OCC[N+](C)(C)C)NC(=O)CCCCCCCCCCCCCCC/C=C\C/C=C\CCCCC. The fraction of sp³-hybridized carbons (Fsp3) is 0.722. The summed E-state index contributed by atoms with van der Waals surface area (Å²) in [5.41, 5.74) is 0. The van der Waals surface area contributed by atoms with Gasteiger partial charge in [0.15, 0.2) is 0 Å². The van der Waals surface area contributed by atoms with E-state index in [1.54, 1.807) is 0 Å². The molecule has 0 saturated heterocycles. The zero-order chi connectivity index (χ0) is 60.0. The van der Waals surface area contributed by atoms with Crippen LogP contribution in [0.5, 0.6) is 0 Å². The van der Waals surface area contributed by atoms with Crippen molar-refractivity contribution < 1.29 is 37.3 Å². The summed E-state index contributed by atoms with van der Waals surface area (Å²) < 4.78 is 30.4. The van der Waals surface area contributed by atoms with E-state index in [1.165, 1.54) is 141 Å². The molecule has 9 nitrogen and oxygen atoms in total. The summed E-state index contributed by atoms with van der Waals surface area (Å²) in [6.07, 6.45) is 83.5. The standard InChI is InChI=1S/C72H127N2O7P/c1-7-10-13-16-19-22-25-28-30-32-34-36-37-39-40-42-44-46-49-52-55-58-61-64-71(75)73-69(68-80-82(77,78)79-67-66-74(4,5)6)70(63-60-57-54-51-48-27-24-21-18-15-12-9-3)81-72(76)65-62-59-56-53-50-47-45-43-41-38-35-33-31-29-26-23-20-17-14-11-8-2/h11,14,19-20,22-23,28-31,35,38,43,45,50,53,60,63,69-70H,7-10,12-13,15-18,21,24-27,32-34,36-37,39-42,44,46-49,51-52,54-59,61-62,64-68H2,1-6H3,(H-,73,75,77,78)/b14-11-,22-19-,23-20-,30-28-,31-29-,38-35-,45-43-,53-50-,63-60+. The average molecular weight is 1160 g/mol. The summed E-state index contributed by atoms with van der Waals surface area (Å²) in [7, 11) is 1.15. The number of hydrogen-bond donors (Lipinski definition) is 1. The first-order valence-corrected chi connectivity index (χ1v) is 35.2. The third-order valence-electron chi connectivity index (χ3n) is 14.4. The van der Waals surface area contributed by atoms with Crippen molar-refractivity contribution in [3.8, 4) is 0 Å². The number of ether oxygens (including phenoxy) is 1. The number of carbonyl (C=O) groups is 2. The van der Waals surface area contributed by atoms with Crippen LogP contribution in [0, 0.1) is 0 Å². The van der Waals surface area contributed by atoms with Crippen LogP contribution < -0.4 is 10.2 Å². The van der Waals surface area contributed by atoms with Crippen LogP contribution in [0.3, 0.4) is 0 Å². The Morgan fingerprint density at radius 2 is 0.780 bits per heavy atom. The average Bonchev–Trinajstić information content (AvgIpc) is 3.44. The predicted octanol–water partition coefficient (Wildman–Crippen LogP) is 20.7. The second-order valence-corrected chi connectivity index (χ2v) is 25.0. The molecule has 0 aliphatic heterocycles. The monoisotopic (exact) mass is 1160 g/mol. The van der Waals surface area contributed by atoms with Crippen molar-refractivity contribution in [3.63, 3.8) is 0 Å². The third-order valence-corrected chi connectivity index (χ3v) is 15.4. The highest BCUT2D eigenvalue weighted by Crippen LogP contribution is 2.38. The van der Waals surface area contributed by atoms with Gasteiger partial charge in [-0.2, -0.15) is 0 Å². The maximum atomic E-state index is 13.6. The molecule has 0 radical (unpaired) electrons. The number of carbonyl (C=O) groups excluding carboxylic acids is 2. The maximum Gasteiger partial charge on any atom is 0.306 e. The maximum absolute atomic E-state index is 13.6. The quantitative estimate of drug-likeness (QED) is 0.0212. The second-order valence-electron chi connectivity index (χ2n) is 23.6. The molecule has 0 aromatic rings. The summed E-state index contributed by atoms with van der Waals surface area (Å²) in [6.45, 7) is 6.68. The van der Waals surface area contributed by atoms with Crippen molar-refractivity contribution >= 4 is 19.7 Å². The molecule has 0 saturated carbocycles.